The summed E-state index contributed by atoms with van der Waals surface area (Å²) >= 11 is 0. The number of allylic oxidation sites excluding steroid dienone is 2. The number of Topliss-reactive ketones (excluding diaryl/α,β-unsaturated/α-hetero) is 1. The molecule has 0 spiro atoms. The van der Waals surface area contributed by atoms with Gasteiger partial charge in [-0.25, -0.2) is 9.18 Å². The summed E-state index contributed by atoms with van der Waals surface area (Å²) in [5, 5.41) is 77.5. The Kier molecular flexibility index (Phi) is 17.8. The lowest BCUT2D eigenvalue weighted by Gasteiger charge is -2.37. The van der Waals surface area contributed by atoms with Crippen molar-refractivity contribution in [2.24, 2.45) is 34.3 Å². The number of carboxylic acid groups (broad SMARTS) is 1. The Morgan fingerprint density at radius 3 is 2.29 bits per heavy atom. The number of nitrogens with zero attached hydrogens (tertiary/aromatic N) is 5. The van der Waals surface area contributed by atoms with E-state index < -0.39 is 106 Å². The van der Waals surface area contributed by atoms with Crippen molar-refractivity contribution in [2.45, 2.75) is 135 Å². The number of aliphatic hydroxyl groups excluding tert-OH is 2. The number of halogens is 1. The number of fused-ring (bicyclic) bond motifs is 15. The molecule has 10 atom stereocenters. The van der Waals surface area contributed by atoms with Gasteiger partial charge >= 0.3 is 17.7 Å². The second kappa shape index (κ2) is 24.4. The number of hydrazone groups is 1. The first-order valence-electron chi connectivity index (χ1n) is 28.6. The van der Waals surface area contributed by atoms with E-state index in [9.17, 15) is 54.6 Å². The lowest BCUT2D eigenvalue weighted by atomic mass is 9.84. The fourth-order valence-corrected chi connectivity index (χ4v) is 12.5. The number of aromatic carboxylic acids is 1. The van der Waals surface area contributed by atoms with Crippen LogP contribution < -0.4 is 32.0 Å². The lowest BCUT2D eigenvalue weighted by Crippen LogP contribution is -2.60. The molecule has 458 valence electrons. The Balaban J connectivity index is 0.985. The van der Waals surface area contributed by atoms with Gasteiger partial charge in [-0.05, 0) is 95.0 Å². The quantitative estimate of drug-likeness (QED) is 0.0435. The maximum absolute atomic E-state index is 16.1. The van der Waals surface area contributed by atoms with E-state index in [0.29, 0.717) is 62.3 Å². The molecule has 0 radical (unpaired) electrons. The molecule has 23 nitrogen and oxygen atoms in total. The van der Waals surface area contributed by atoms with Crippen molar-refractivity contribution in [1.29, 1.82) is 0 Å². The van der Waals surface area contributed by atoms with Crippen LogP contribution in [0.4, 0.5) is 15.8 Å². The van der Waals surface area contributed by atoms with Crippen molar-refractivity contribution in [3.05, 3.63) is 98.0 Å². The van der Waals surface area contributed by atoms with Crippen molar-refractivity contribution >= 4 is 57.5 Å². The third kappa shape index (κ3) is 11.8. The van der Waals surface area contributed by atoms with Crippen molar-refractivity contribution in [3.63, 3.8) is 0 Å². The summed E-state index contributed by atoms with van der Waals surface area (Å²) in [6, 6.07) is -1.12. The number of phenolic OH excluding ortho intramolecular Hbond substituents is 3. The number of pyridine rings is 2. The number of nitrogens with two attached hydrogens (primary N) is 2. The lowest BCUT2D eigenvalue weighted by molar-refractivity contribution is -0.155. The topological polar surface area (TPSA) is 334 Å². The number of piperidine rings is 1. The second-order valence-electron chi connectivity index (χ2n) is 23.6. The first-order valence-corrected chi connectivity index (χ1v) is 28.6. The highest BCUT2D eigenvalue weighted by molar-refractivity contribution is 6.24. The fraction of sp³-hybridized carbons (Fsp3) is 0.508. The van der Waals surface area contributed by atoms with Gasteiger partial charge in [-0.15, -0.1) is 0 Å². The number of amides is 1. The molecule has 1 saturated carbocycles. The first kappa shape index (κ1) is 61.9. The standard InChI is InChI=1S/C61H77FN8O15/c1-28-11-10-12-29(2)58(78)66-47-39(24-65-69-20-16-36(17-21-69)67(8)25-34-15-19-68(26-34)49-31(4)48-37(35-13-14-35)23-38(60(80)81)59(79)70(48)27-40(49)62)52(74)42-43(53(47)75)51(73)32(5)55-44(42)57(77)61(7,85-55)83-22-18-41(82-9)30(3)56(84-33(6)71)46(64)54(76)45(63)50(28)72/h10-12,18,22-24,27-28,30,34-36,41,45-46,50,54,56,72-76H,13-17,19-21,25-26,63-64H2,1-9H3,(H,66,78)(H,80,81)/b11-10+,22-18?,29-12-,65-24+/t28-,30+,34?,41-,45+,46+,50-,54+,56+,61-/m0/s1. The third-order valence-electron chi connectivity index (χ3n) is 17.7. The average Bonchev–Trinajstić information content (AvgIpc) is 1.78. The fourth-order valence-electron chi connectivity index (χ4n) is 12.5. The van der Waals surface area contributed by atoms with Crippen LogP contribution in [-0.4, -0.2) is 170 Å². The summed E-state index contributed by atoms with van der Waals surface area (Å²) in [6.07, 6.45) is 7.99. The Morgan fingerprint density at radius 2 is 1.65 bits per heavy atom. The number of hydrogen-bond acceptors (Lipinski definition) is 20. The molecule has 1 amide bonds. The van der Waals surface area contributed by atoms with Crippen LogP contribution in [-0.2, 0) is 23.8 Å². The molecule has 5 bridgehead atoms. The normalized spacial score (nSPS) is 28.3. The van der Waals surface area contributed by atoms with Crippen LogP contribution in [0, 0.1) is 37.4 Å². The predicted molar refractivity (Wildman–Crippen MR) is 314 cm³/mol. The molecule has 5 aliphatic heterocycles. The smallest absolute Gasteiger partial charge is 0.341 e. The molecule has 1 unspecified atom stereocenters. The van der Waals surface area contributed by atoms with Gasteiger partial charge in [0.2, 0.25) is 0 Å². The molecule has 2 aromatic carbocycles. The molecule has 6 aliphatic rings. The number of phenols is 3. The van der Waals surface area contributed by atoms with Crippen molar-refractivity contribution in [3.8, 4) is 23.0 Å². The Morgan fingerprint density at radius 1 is 0.953 bits per heavy atom. The highest BCUT2D eigenvalue weighted by Gasteiger charge is 2.50. The SMILES string of the molecule is CO[C@H]1C=CO[C@@]2(C)Oc3c(C)c(O)c4c(O)c(c(/C=N/N5CCC(N(C)CC6CCN(c7c(F)cn8c(=O)c(C(=O)O)cc(C9CC9)c8c7C)C6)CC5)c(O)c4c3C2=O)NC(=O)/C(C)=C\C=C\[C@H](C)[C@H](O)[C@@H](N)[C@@H](O)[C@@H](N)[C@H](OC(C)=O)[C@@H]1C. The number of aromatic nitrogens is 1. The van der Waals surface area contributed by atoms with Crippen LogP contribution in [0.2, 0.25) is 0 Å². The van der Waals surface area contributed by atoms with Crippen LogP contribution in [0.15, 0.2) is 58.3 Å². The molecule has 11 N–H and O–H groups in total. The Hall–Kier alpha value is -7.61. The van der Waals surface area contributed by atoms with E-state index in [1.165, 1.54) is 58.4 Å². The largest absolute Gasteiger partial charge is 0.507 e. The summed E-state index contributed by atoms with van der Waals surface area (Å²) in [5.41, 5.74) is 13.4. The van der Waals surface area contributed by atoms with E-state index >= 15 is 4.39 Å². The van der Waals surface area contributed by atoms with E-state index in [2.05, 4.69) is 10.2 Å². The number of aryl methyl sites for hydroxylation is 1. The summed E-state index contributed by atoms with van der Waals surface area (Å²) in [5.74, 6) is -9.75. The minimum absolute atomic E-state index is 0.00534. The third-order valence-corrected chi connectivity index (χ3v) is 17.7. The van der Waals surface area contributed by atoms with Crippen molar-refractivity contribution in [2.75, 3.05) is 57.1 Å². The van der Waals surface area contributed by atoms with E-state index in [1.54, 1.807) is 31.9 Å². The van der Waals surface area contributed by atoms with Gasteiger partial charge in [0.15, 0.2) is 11.6 Å². The van der Waals surface area contributed by atoms with Crippen LogP contribution >= 0.6 is 0 Å². The molecule has 24 heteroatoms. The molecular formula is C61H77FN8O15. The monoisotopic (exact) mass is 1180 g/mol. The van der Waals surface area contributed by atoms with Crippen LogP contribution in [0.3, 0.4) is 0 Å². The van der Waals surface area contributed by atoms with E-state index in [1.807, 2.05) is 11.9 Å². The van der Waals surface area contributed by atoms with Crippen LogP contribution in [0.25, 0.3) is 16.3 Å². The number of anilines is 2. The maximum Gasteiger partial charge on any atom is 0.341 e. The Bertz CT molecular complexity index is 3520. The number of nitrogens with one attached hydrogen (secondary N) is 1. The van der Waals surface area contributed by atoms with E-state index in [4.69, 9.17) is 35.5 Å². The van der Waals surface area contributed by atoms with Gasteiger partial charge in [-0.3, -0.25) is 28.6 Å². The number of ether oxygens (including phenoxy) is 4. The zero-order chi connectivity index (χ0) is 61.8. The van der Waals surface area contributed by atoms with Crippen molar-refractivity contribution in [1.82, 2.24) is 14.3 Å². The van der Waals surface area contributed by atoms with Gasteiger partial charge in [0, 0.05) is 88.1 Å². The van der Waals surface area contributed by atoms with E-state index in [0.717, 1.165) is 48.6 Å². The molecule has 3 fully saturated rings. The number of esters is 1. The van der Waals surface area contributed by atoms with Gasteiger partial charge in [0.05, 0.1) is 82.5 Å². The number of carbonyl (C=O) groups is 4. The number of carbonyl (C=O) groups excluding carboxylic acids is 3. The summed E-state index contributed by atoms with van der Waals surface area (Å²) < 4.78 is 40.8. The van der Waals surface area contributed by atoms with Gasteiger partial charge in [-0.2, -0.15) is 5.10 Å². The van der Waals surface area contributed by atoms with Gasteiger partial charge in [-0.1, -0.05) is 32.1 Å². The summed E-state index contributed by atoms with van der Waals surface area (Å²) in [7, 11) is 3.41. The number of aliphatic hydroxyl groups is 2. The average molecular weight is 1180 g/mol. The maximum atomic E-state index is 16.1. The number of ketones is 1. The van der Waals surface area contributed by atoms with Gasteiger partial charge in [0.25, 0.3) is 17.2 Å². The molecule has 2 aromatic heterocycles. The molecule has 1 aliphatic carbocycles. The highest BCUT2D eigenvalue weighted by atomic mass is 19.1. The van der Waals surface area contributed by atoms with Gasteiger partial charge < -0.3 is 76.2 Å². The number of benzene rings is 2. The van der Waals surface area contributed by atoms with Crippen LogP contribution in [0.5, 0.6) is 23.0 Å². The number of rotatable bonds is 10. The Labute approximate surface area is 490 Å². The summed E-state index contributed by atoms with van der Waals surface area (Å²) in [4.78, 5) is 70.7. The van der Waals surface area contributed by atoms with Crippen molar-refractivity contribution < 1.29 is 73.2 Å². The predicted octanol–water partition coefficient (Wildman–Crippen LogP) is 5.03. The molecule has 85 heavy (non-hydrogen) atoms. The molecule has 2 saturated heterocycles. The number of carboxylic acids is 1. The zero-order valence-corrected chi connectivity index (χ0v) is 49.2. The summed E-state index contributed by atoms with van der Waals surface area (Å²) in [6.45, 7) is 13.2. The first-order chi connectivity index (χ1) is 40.2. The van der Waals surface area contributed by atoms with Gasteiger partial charge in [0.1, 0.15) is 28.9 Å². The molecular weight excluding hydrogens is 1100 g/mol. The minimum atomic E-state index is -2.15. The number of aromatic hydroxyl groups is 3. The minimum Gasteiger partial charge on any atom is -0.507 e. The zero-order valence-electron chi connectivity index (χ0n) is 49.2. The highest BCUT2D eigenvalue weighted by Crippen LogP contribution is 2.55. The number of methoxy groups -OCH3 is 1. The van der Waals surface area contributed by atoms with Crippen LogP contribution in [0.1, 0.15) is 116 Å². The molecule has 7 heterocycles. The molecule has 10 rings (SSSR count). The second-order valence-corrected chi connectivity index (χ2v) is 23.6. The number of hydrogen-bond donors (Lipinski definition) is 9. The van der Waals surface area contributed by atoms with E-state index in [-0.39, 0.29) is 67.9 Å². The molecule has 4 aromatic rings.